The Hall–Kier alpha value is -0.570. The third-order valence-electron chi connectivity index (χ3n) is 2.50. The molecular weight excluding hydrogens is 130 g/mol. The molecule has 3 unspecified atom stereocenters. The standard InChI is InChI=1S/C7H11NO2/c1-8-5(4-2-3-4)6(8)7(9)10/h4-6H,2-3H2,1H3,(H,9,10). The second kappa shape index (κ2) is 1.72. The minimum atomic E-state index is -0.653. The summed E-state index contributed by atoms with van der Waals surface area (Å²) in [6.07, 6.45) is 2.47. The number of carbonyl (C=O) groups is 1. The number of carboxylic acid groups (broad SMARTS) is 1. The number of hydrogen-bond donors (Lipinski definition) is 1. The Morgan fingerprint density at radius 2 is 2.20 bits per heavy atom. The van der Waals surface area contributed by atoms with Crippen LogP contribution in [0, 0.1) is 5.92 Å². The van der Waals surface area contributed by atoms with Gasteiger partial charge in [-0.15, -0.1) is 0 Å². The molecule has 0 spiro atoms. The summed E-state index contributed by atoms with van der Waals surface area (Å²) < 4.78 is 0. The largest absolute Gasteiger partial charge is 0.480 e. The molecule has 10 heavy (non-hydrogen) atoms. The lowest BCUT2D eigenvalue weighted by molar-refractivity contribution is -0.137. The molecule has 0 bridgehead atoms. The van der Waals surface area contributed by atoms with Crippen molar-refractivity contribution in [2.45, 2.75) is 24.9 Å². The van der Waals surface area contributed by atoms with Crippen LogP contribution in [0.3, 0.4) is 0 Å². The van der Waals surface area contributed by atoms with Gasteiger partial charge in [-0.25, -0.2) is 0 Å². The van der Waals surface area contributed by atoms with Crippen LogP contribution >= 0.6 is 0 Å². The molecule has 0 radical (unpaired) electrons. The Morgan fingerprint density at radius 1 is 1.60 bits per heavy atom. The van der Waals surface area contributed by atoms with Crippen molar-refractivity contribution in [3.8, 4) is 0 Å². The highest BCUT2D eigenvalue weighted by molar-refractivity contribution is 5.78. The summed E-state index contributed by atoms with van der Waals surface area (Å²) in [5.41, 5.74) is 0. The Labute approximate surface area is 59.6 Å². The second-order valence-corrected chi connectivity index (χ2v) is 3.28. The van der Waals surface area contributed by atoms with Gasteiger partial charge in [-0.1, -0.05) is 0 Å². The fourth-order valence-corrected chi connectivity index (χ4v) is 1.71. The maximum atomic E-state index is 10.5. The molecule has 2 rings (SSSR count). The molecule has 1 aliphatic carbocycles. The van der Waals surface area contributed by atoms with Crippen LogP contribution in [-0.4, -0.2) is 35.1 Å². The molecule has 3 heteroatoms. The topological polar surface area (TPSA) is 40.3 Å². The zero-order valence-corrected chi connectivity index (χ0v) is 5.95. The molecule has 1 saturated carbocycles. The van der Waals surface area contributed by atoms with E-state index in [2.05, 4.69) is 0 Å². The average molecular weight is 141 g/mol. The van der Waals surface area contributed by atoms with Crippen LogP contribution in [0.5, 0.6) is 0 Å². The van der Waals surface area contributed by atoms with Gasteiger partial charge in [-0.2, -0.15) is 0 Å². The number of likely N-dealkylation sites (N-methyl/N-ethyl adjacent to an activating group) is 1. The predicted octanol–water partition coefficient (Wildman–Crippen LogP) is 0.164. The lowest BCUT2D eigenvalue weighted by Gasteiger charge is -1.85. The lowest BCUT2D eigenvalue weighted by atomic mass is 10.2. The first-order valence-electron chi connectivity index (χ1n) is 3.66. The first-order chi connectivity index (χ1) is 4.72. The summed E-state index contributed by atoms with van der Waals surface area (Å²) in [5.74, 6) is 0.0468. The normalized spacial score (nSPS) is 45.1. The molecule has 1 aliphatic heterocycles. The third-order valence-corrected chi connectivity index (χ3v) is 2.50. The predicted molar refractivity (Wildman–Crippen MR) is 35.7 cm³/mol. The molecule has 2 fully saturated rings. The number of carboxylic acids is 1. The second-order valence-electron chi connectivity index (χ2n) is 3.28. The van der Waals surface area contributed by atoms with Gasteiger partial charge in [0.2, 0.25) is 0 Å². The van der Waals surface area contributed by atoms with Crippen LogP contribution in [0.4, 0.5) is 0 Å². The molecule has 2 aliphatic rings. The highest BCUT2D eigenvalue weighted by atomic mass is 16.4. The Balaban J connectivity index is 1.96. The summed E-state index contributed by atoms with van der Waals surface area (Å²) in [6.45, 7) is 0. The molecule has 0 aromatic heterocycles. The van der Waals surface area contributed by atoms with Crippen molar-refractivity contribution in [3.05, 3.63) is 0 Å². The number of rotatable bonds is 2. The van der Waals surface area contributed by atoms with Crippen molar-refractivity contribution in [1.29, 1.82) is 0 Å². The van der Waals surface area contributed by atoms with E-state index >= 15 is 0 Å². The van der Waals surface area contributed by atoms with Gasteiger partial charge in [-0.3, -0.25) is 9.69 Å². The summed E-state index contributed by atoms with van der Waals surface area (Å²) in [6, 6.07) is 0.213. The van der Waals surface area contributed by atoms with E-state index in [1.807, 2.05) is 11.9 Å². The van der Waals surface area contributed by atoms with Gasteiger partial charge in [-0.05, 0) is 25.8 Å². The molecule has 0 amide bonds. The quantitative estimate of drug-likeness (QED) is 0.557. The first kappa shape index (κ1) is 6.16. The van der Waals surface area contributed by atoms with E-state index in [-0.39, 0.29) is 6.04 Å². The van der Waals surface area contributed by atoms with E-state index in [1.165, 1.54) is 12.8 Å². The molecule has 0 aromatic carbocycles. The Bertz CT molecular complexity index is 176. The van der Waals surface area contributed by atoms with Gasteiger partial charge >= 0.3 is 5.97 Å². The van der Waals surface area contributed by atoms with Crippen molar-refractivity contribution in [2.24, 2.45) is 5.92 Å². The van der Waals surface area contributed by atoms with E-state index in [4.69, 9.17) is 5.11 Å². The van der Waals surface area contributed by atoms with E-state index < -0.39 is 5.97 Å². The van der Waals surface area contributed by atoms with Gasteiger partial charge in [0, 0.05) is 6.04 Å². The summed E-state index contributed by atoms with van der Waals surface area (Å²) >= 11 is 0. The van der Waals surface area contributed by atoms with Crippen LogP contribution in [0.25, 0.3) is 0 Å². The van der Waals surface area contributed by atoms with Crippen molar-refractivity contribution in [1.82, 2.24) is 4.90 Å². The molecule has 1 saturated heterocycles. The van der Waals surface area contributed by atoms with Gasteiger partial charge < -0.3 is 5.11 Å². The number of aliphatic carboxylic acids is 1. The molecule has 0 aromatic rings. The highest BCUT2D eigenvalue weighted by Gasteiger charge is 2.56. The summed E-state index contributed by atoms with van der Waals surface area (Å²) in [5, 5.41) is 8.63. The fourth-order valence-electron chi connectivity index (χ4n) is 1.71. The Morgan fingerprint density at radius 3 is 2.50 bits per heavy atom. The van der Waals surface area contributed by atoms with Crippen LogP contribution in [0.2, 0.25) is 0 Å². The van der Waals surface area contributed by atoms with Gasteiger partial charge in [0.05, 0.1) is 0 Å². The van der Waals surface area contributed by atoms with E-state index in [9.17, 15) is 4.79 Å². The fraction of sp³-hybridized carbons (Fsp3) is 0.857. The smallest absolute Gasteiger partial charge is 0.322 e. The summed E-state index contributed by atoms with van der Waals surface area (Å²) in [4.78, 5) is 12.4. The van der Waals surface area contributed by atoms with E-state index in [0.717, 1.165) is 0 Å². The Kier molecular flexibility index (Phi) is 1.06. The minimum absolute atomic E-state index is 0.160. The monoisotopic (exact) mass is 141 g/mol. The van der Waals surface area contributed by atoms with E-state index in [1.54, 1.807) is 0 Å². The van der Waals surface area contributed by atoms with E-state index in [0.29, 0.717) is 12.0 Å². The molecule has 3 nitrogen and oxygen atoms in total. The first-order valence-corrected chi connectivity index (χ1v) is 3.66. The zero-order valence-electron chi connectivity index (χ0n) is 5.95. The third kappa shape index (κ3) is 0.736. The maximum absolute atomic E-state index is 10.5. The summed E-state index contributed by atoms with van der Waals surface area (Å²) in [7, 11) is 1.89. The molecule has 1 N–H and O–H groups in total. The van der Waals surface area contributed by atoms with Crippen LogP contribution in [-0.2, 0) is 4.79 Å². The number of nitrogens with zero attached hydrogens (tertiary/aromatic N) is 1. The van der Waals surface area contributed by atoms with Crippen molar-refractivity contribution in [3.63, 3.8) is 0 Å². The highest BCUT2D eigenvalue weighted by Crippen LogP contribution is 2.45. The van der Waals surface area contributed by atoms with Crippen LogP contribution < -0.4 is 0 Å². The molecular formula is C7H11NO2. The van der Waals surface area contributed by atoms with Crippen molar-refractivity contribution in [2.75, 3.05) is 7.05 Å². The average Bonchev–Trinajstić information content (AvgIpc) is 2.57. The zero-order chi connectivity index (χ0) is 7.30. The van der Waals surface area contributed by atoms with Gasteiger partial charge in [0.15, 0.2) is 0 Å². The van der Waals surface area contributed by atoms with Crippen molar-refractivity contribution >= 4 is 5.97 Å². The molecule has 56 valence electrons. The van der Waals surface area contributed by atoms with Crippen LogP contribution in [0.15, 0.2) is 0 Å². The van der Waals surface area contributed by atoms with Crippen molar-refractivity contribution < 1.29 is 9.90 Å². The van der Waals surface area contributed by atoms with Crippen LogP contribution in [0.1, 0.15) is 12.8 Å². The maximum Gasteiger partial charge on any atom is 0.322 e. The molecule has 3 atom stereocenters. The SMILES string of the molecule is CN1C(C(=O)O)C1C1CC1. The lowest BCUT2D eigenvalue weighted by Crippen LogP contribution is -2.09. The van der Waals surface area contributed by atoms with Gasteiger partial charge in [0.25, 0.3) is 0 Å². The molecule has 1 heterocycles. The number of hydrogen-bond acceptors (Lipinski definition) is 2. The minimum Gasteiger partial charge on any atom is -0.480 e. The van der Waals surface area contributed by atoms with Gasteiger partial charge in [0.1, 0.15) is 6.04 Å².